The Hall–Kier alpha value is -3.19. The number of amides is 1. The molecule has 44 heavy (non-hydrogen) atoms. The number of unbranched alkanes of at least 4 members (excludes halogenated alkanes) is 13. The largest absolute Gasteiger partial charge is 0.478 e. The van der Waals surface area contributed by atoms with E-state index in [0.717, 1.165) is 35.1 Å². The number of hydrogen-bond acceptors (Lipinski definition) is 5. The van der Waals surface area contributed by atoms with E-state index in [-0.39, 0.29) is 24.7 Å². The highest BCUT2D eigenvalue weighted by molar-refractivity contribution is 5.84. The standard InChI is InChI=1S/C37H54N2O5/c1-2-3-4-5-6-7-8-9-10-11-12-13-14-21-29(40)22-19-20-27-37(38,35(41)42)39-36(43)44-28-34-32-25-17-15-23-30(32)31-24-16-18-26-33(31)34/h15-18,23-26,34H,2-14,19-22,27-28,38H2,1H3,(H,39,43)(H,41,42)/t37-/m0/s1. The van der Waals surface area contributed by atoms with Gasteiger partial charge in [-0.05, 0) is 47.9 Å². The molecular weight excluding hydrogens is 552 g/mol. The van der Waals surface area contributed by atoms with E-state index >= 15 is 0 Å². The van der Waals surface area contributed by atoms with Crippen molar-refractivity contribution in [3.63, 3.8) is 0 Å². The maximum Gasteiger partial charge on any atom is 0.409 e. The number of carboxylic acids is 1. The zero-order valence-electron chi connectivity index (χ0n) is 26.8. The molecule has 4 N–H and O–H groups in total. The molecule has 1 amide bonds. The van der Waals surface area contributed by atoms with Gasteiger partial charge in [-0.1, -0.05) is 133 Å². The lowest BCUT2D eigenvalue weighted by Crippen LogP contribution is -2.61. The summed E-state index contributed by atoms with van der Waals surface area (Å²) in [6, 6.07) is 16.0. The molecule has 2 aromatic carbocycles. The lowest BCUT2D eigenvalue weighted by molar-refractivity contribution is -0.144. The van der Waals surface area contributed by atoms with Crippen LogP contribution in [0.4, 0.5) is 4.79 Å². The van der Waals surface area contributed by atoms with Crippen molar-refractivity contribution in [2.45, 2.75) is 134 Å². The lowest BCUT2D eigenvalue weighted by atomic mass is 9.98. The Balaban J connectivity index is 1.27. The average Bonchev–Trinajstić information content (AvgIpc) is 3.34. The highest BCUT2D eigenvalue weighted by Crippen LogP contribution is 2.44. The highest BCUT2D eigenvalue weighted by atomic mass is 16.5. The number of nitrogens with one attached hydrogen (secondary N) is 1. The number of ether oxygens (including phenoxy) is 1. The minimum atomic E-state index is -1.96. The van der Waals surface area contributed by atoms with Crippen molar-refractivity contribution >= 4 is 17.8 Å². The SMILES string of the molecule is CCCCCCCCCCCCCCCC(=O)CCCC[C@](N)(NC(=O)OCC1c2ccccc2-c2ccccc21)C(=O)O. The maximum atomic E-state index is 12.7. The van der Waals surface area contributed by atoms with Crippen LogP contribution < -0.4 is 11.1 Å². The molecule has 7 nitrogen and oxygen atoms in total. The van der Waals surface area contributed by atoms with Gasteiger partial charge in [0.2, 0.25) is 0 Å². The molecular formula is C37H54N2O5. The Labute approximate surface area is 264 Å². The summed E-state index contributed by atoms with van der Waals surface area (Å²) >= 11 is 0. The van der Waals surface area contributed by atoms with Gasteiger partial charge >= 0.3 is 12.1 Å². The summed E-state index contributed by atoms with van der Waals surface area (Å²) in [5.74, 6) is -1.26. The zero-order chi connectivity index (χ0) is 31.6. The fraction of sp³-hybridized carbons (Fsp3) is 0.595. The normalized spacial score (nSPS) is 13.6. The number of nitrogens with two attached hydrogens (primary N) is 1. The Bertz CT molecular complexity index is 1140. The van der Waals surface area contributed by atoms with Gasteiger partial charge in [-0.2, -0.15) is 0 Å². The topological polar surface area (TPSA) is 119 Å². The Morgan fingerprint density at radius 2 is 1.18 bits per heavy atom. The van der Waals surface area contributed by atoms with Crippen LogP contribution >= 0.6 is 0 Å². The average molecular weight is 607 g/mol. The number of carbonyl (C=O) groups is 3. The minimum Gasteiger partial charge on any atom is -0.478 e. The molecule has 242 valence electrons. The molecule has 1 aliphatic carbocycles. The molecule has 0 heterocycles. The van der Waals surface area contributed by atoms with Gasteiger partial charge in [0.1, 0.15) is 12.4 Å². The monoisotopic (exact) mass is 606 g/mol. The number of Topliss-reactive ketones (excluding diaryl/α,β-unsaturated/α-hetero) is 1. The minimum absolute atomic E-state index is 0.0124. The van der Waals surface area contributed by atoms with Crippen LogP contribution in [-0.2, 0) is 14.3 Å². The molecule has 0 spiro atoms. The fourth-order valence-corrected chi connectivity index (χ4v) is 6.23. The van der Waals surface area contributed by atoms with Crippen molar-refractivity contribution in [3.05, 3.63) is 59.7 Å². The first kappa shape index (κ1) is 35.3. The number of hydrogen-bond donors (Lipinski definition) is 3. The molecule has 0 saturated carbocycles. The van der Waals surface area contributed by atoms with Crippen LogP contribution in [-0.4, -0.2) is 35.2 Å². The van der Waals surface area contributed by atoms with Gasteiger partial charge in [-0.15, -0.1) is 0 Å². The van der Waals surface area contributed by atoms with Gasteiger partial charge in [0.05, 0.1) is 0 Å². The second-order valence-electron chi connectivity index (χ2n) is 12.5. The van der Waals surface area contributed by atoms with Crippen LogP contribution in [0.3, 0.4) is 0 Å². The van der Waals surface area contributed by atoms with Crippen molar-refractivity contribution in [2.75, 3.05) is 6.61 Å². The molecule has 2 aromatic rings. The van der Waals surface area contributed by atoms with E-state index < -0.39 is 17.7 Å². The molecule has 0 unspecified atom stereocenters. The Morgan fingerprint density at radius 3 is 1.68 bits per heavy atom. The van der Waals surface area contributed by atoms with Crippen LogP contribution in [0.15, 0.2) is 48.5 Å². The second-order valence-corrected chi connectivity index (χ2v) is 12.5. The van der Waals surface area contributed by atoms with Gasteiger partial charge in [0.15, 0.2) is 5.66 Å². The van der Waals surface area contributed by atoms with E-state index in [9.17, 15) is 19.5 Å². The number of ketones is 1. The summed E-state index contributed by atoms with van der Waals surface area (Å²) in [6.07, 6.45) is 17.6. The van der Waals surface area contributed by atoms with Crippen LogP contribution in [0.2, 0.25) is 0 Å². The Morgan fingerprint density at radius 1 is 0.727 bits per heavy atom. The maximum absolute atomic E-state index is 12.7. The molecule has 0 aliphatic heterocycles. The van der Waals surface area contributed by atoms with Crippen molar-refractivity contribution in [1.29, 1.82) is 0 Å². The van der Waals surface area contributed by atoms with Gasteiger partial charge < -0.3 is 9.84 Å². The van der Waals surface area contributed by atoms with Crippen molar-refractivity contribution in [2.24, 2.45) is 5.73 Å². The van der Waals surface area contributed by atoms with Crippen molar-refractivity contribution in [1.82, 2.24) is 5.32 Å². The molecule has 0 aromatic heterocycles. The van der Waals surface area contributed by atoms with Gasteiger partial charge in [0, 0.05) is 18.8 Å². The highest BCUT2D eigenvalue weighted by Gasteiger charge is 2.36. The smallest absolute Gasteiger partial charge is 0.409 e. The second kappa shape index (κ2) is 19.3. The van der Waals surface area contributed by atoms with Crippen molar-refractivity contribution < 1.29 is 24.2 Å². The number of alkyl carbamates (subject to hydrolysis) is 1. The summed E-state index contributed by atoms with van der Waals surface area (Å²) < 4.78 is 5.50. The van der Waals surface area contributed by atoms with E-state index in [0.29, 0.717) is 25.7 Å². The molecule has 1 aliphatic rings. The van der Waals surface area contributed by atoms with Gasteiger partial charge in [-0.3, -0.25) is 15.8 Å². The quantitative estimate of drug-likeness (QED) is 0.0859. The predicted octanol–water partition coefficient (Wildman–Crippen LogP) is 8.88. The van der Waals surface area contributed by atoms with Crippen LogP contribution in [0.1, 0.15) is 140 Å². The number of carboxylic acid groups (broad SMARTS) is 1. The van der Waals surface area contributed by atoms with Gasteiger partial charge in [0.25, 0.3) is 0 Å². The van der Waals surface area contributed by atoms with E-state index in [4.69, 9.17) is 10.5 Å². The number of carbonyl (C=O) groups excluding carboxylic acids is 2. The third kappa shape index (κ3) is 11.4. The fourth-order valence-electron chi connectivity index (χ4n) is 6.23. The third-order valence-electron chi connectivity index (χ3n) is 8.89. The number of fused-ring (bicyclic) bond motifs is 3. The van der Waals surface area contributed by atoms with Crippen LogP contribution in [0.25, 0.3) is 11.1 Å². The van der Waals surface area contributed by atoms with Crippen molar-refractivity contribution in [3.8, 4) is 11.1 Å². The summed E-state index contributed by atoms with van der Waals surface area (Å²) in [5.41, 5.74) is 8.50. The van der Waals surface area contributed by atoms with E-state index in [1.54, 1.807) is 0 Å². The van der Waals surface area contributed by atoms with E-state index in [2.05, 4.69) is 12.2 Å². The molecule has 1 atom stereocenters. The zero-order valence-corrected chi connectivity index (χ0v) is 26.8. The Kier molecular flexibility index (Phi) is 15.4. The first-order chi connectivity index (χ1) is 21.4. The molecule has 0 saturated heterocycles. The number of benzene rings is 2. The first-order valence-electron chi connectivity index (χ1n) is 17.0. The third-order valence-corrected chi connectivity index (χ3v) is 8.89. The van der Waals surface area contributed by atoms with Gasteiger partial charge in [-0.25, -0.2) is 9.59 Å². The summed E-state index contributed by atoms with van der Waals surface area (Å²) in [6.45, 7) is 2.33. The predicted molar refractivity (Wildman–Crippen MR) is 177 cm³/mol. The van der Waals surface area contributed by atoms with Crippen LogP contribution in [0.5, 0.6) is 0 Å². The first-order valence-corrected chi connectivity index (χ1v) is 17.0. The van der Waals surface area contributed by atoms with E-state index in [1.165, 1.54) is 70.6 Å². The number of rotatable bonds is 23. The lowest BCUT2D eigenvalue weighted by Gasteiger charge is -2.26. The molecule has 3 rings (SSSR count). The molecule has 0 bridgehead atoms. The summed E-state index contributed by atoms with van der Waals surface area (Å²) in [5, 5.41) is 12.1. The molecule has 0 radical (unpaired) electrons. The summed E-state index contributed by atoms with van der Waals surface area (Å²) in [4.78, 5) is 36.9. The number of aliphatic carboxylic acids is 1. The molecule has 0 fully saturated rings. The summed E-state index contributed by atoms with van der Waals surface area (Å²) in [7, 11) is 0. The van der Waals surface area contributed by atoms with Crippen LogP contribution in [0, 0.1) is 0 Å². The van der Waals surface area contributed by atoms with E-state index in [1.807, 2.05) is 48.5 Å². The molecule has 7 heteroatoms.